The van der Waals surface area contributed by atoms with Crippen LogP contribution < -0.4 is 5.73 Å². The molecule has 2 aromatic heterocycles. The molecule has 21 heavy (non-hydrogen) atoms. The summed E-state index contributed by atoms with van der Waals surface area (Å²) in [4.78, 5) is 16.1. The zero-order chi connectivity index (χ0) is 15.6. The van der Waals surface area contributed by atoms with Crippen molar-refractivity contribution in [3.8, 4) is 0 Å². The number of nitrogens with zero attached hydrogens (tertiary/aromatic N) is 2. The minimum atomic E-state index is -0.488. The first kappa shape index (κ1) is 15.1. The van der Waals surface area contributed by atoms with E-state index in [1.807, 2.05) is 50.6 Å². The van der Waals surface area contributed by atoms with Gasteiger partial charge >= 0.3 is 5.97 Å². The van der Waals surface area contributed by atoms with Gasteiger partial charge in [0, 0.05) is 35.2 Å². The molecule has 5 heteroatoms. The molecular weight excluding hydrogens is 266 g/mol. The molecule has 0 unspecified atom stereocenters. The van der Waals surface area contributed by atoms with Gasteiger partial charge in [-0.25, -0.2) is 0 Å². The van der Waals surface area contributed by atoms with Crippen LogP contribution in [0.3, 0.4) is 0 Å². The molecule has 0 aliphatic heterocycles. The van der Waals surface area contributed by atoms with Crippen LogP contribution in [0.15, 0.2) is 30.4 Å². The van der Waals surface area contributed by atoms with Crippen LogP contribution >= 0.6 is 0 Å². The van der Waals surface area contributed by atoms with E-state index in [0.29, 0.717) is 5.70 Å². The normalized spacial score (nSPS) is 12.7. The molecule has 2 rings (SSSR count). The summed E-state index contributed by atoms with van der Waals surface area (Å²) in [5, 5.41) is 0.964. The lowest BCUT2D eigenvalue weighted by atomic mass is 10.2. The monoisotopic (exact) mass is 287 g/mol. The van der Waals surface area contributed by atoms with E-state index in [4.69, 9.17) is 10.5 Å². The number of esters is 1. The first-order chi connectivity index (χ1) is 9.76. The van der Waals surface area contributed by atoms with Crippen molar-refractivity contribution >= 4 is 22.9 Å². The third kappa shape index (κ3) is 3.84. The van der Waals surface area contributed by atoms with E-state index in [1.54, 1.807) is 12.4 Å². The number of fused-ring (bicyclic) bond motifs is 1. The standard InChI is InChI=1S/C16H21N3O2/c1-11(17)7-12-9-19(10-15(20)21-16(2,3)4)14-5-6-18-8-13(12)14/h5-9H,10,17H2,1-4H3/b11-7+. The van der Waals surface area contributed by atoms with Crippen LogP contribution in [0.2, 0.25) is 0 Å². The second kappa shape index (κ2) is 5.60. The summed E-state index contributed by atoms with van der Waals surface area (Å²) in [6.45, 7) is 7.56. The maximum absolute atomic E-state index is 12.0. The summed E-state index contributed by atoms with van der Waals surface area (Å²) in [6, 6.07) is 1.88. The Morgan fingerprint density at radius 3 is 2.81 bits per heavy atom. The highest BCUT2D eigenvalue weighted by Gasteiger charge is 2.17. The topological polar surface area (TPSA) is 70.1 Å². The Morgan fingerprint density at radius 2 is 2.19 bits per heavy atom. The van der Waals surface area contributed by atoms with Crippen LogP contribution in [-0.2, 0) is 16.1 Å². The third-order valence-electron chi connectivity index (χ3n) is 2.82. The number of nitrogens with two attached hydrogens (primary N) is 1. The van der Waals surface area contributed by atoms with Crippen molar-refractivity contribution in [2.24, 2.45) is 5.73 Å². The Balaban J connectivity index is 2.36. The Kier molecular flexibility index (Phi) is 4.02. The highest BCUT2D eigenvalue weighted by molar-refractivity contribution is 5.90. The summed E-state index contributed by atoms with van der Waals surface area (Å²) < 4.78 is 7.23. The quantitative estimate of drug-likeness (QED) is 0.881. The summed E-state index contributed by atoms with van der Waals surface area (Å²) >= 11 is 0. The fourth-order valence-corrected chi connectivity index (χ4v) is 2.17. The van der Waals surface area contributed by atoms with Crippen molar-refractivity contribution in [2.75, 3.05) is 0 Å². The lowest BCUT2D eigenvalue weighted by Gasteiger charge is -2.19. The molecule has 2 N–H and O–H groups in total. The maximum Gasteiger partial charge on any atom is 0.326 e. The SMILES string of the molecule is C/C(N)=C\c1cn(CC(=O)OC(C)(C)C)c2ccncc12. The molecule has 0 amide bonds. The smallest absolute Gasteiger partial charge is 0.326 e. The maximum atomic E-state index is 12.0. The summed E-state index contributed by atoms with van der Waals surface area (Å²) in [7, 11) is 0. The van der Waals surface area contributed by atoms with Crippen LogP contribution in [0.5, 0.6) is 0 Å². The number of aromatic nitrogens is 2. The first-order valence-electron chi connectivity index (χ1n) is 6.85. The summed E-state index contributed by atoms with van der Waals surface area (Å²) in [6.07, 6.45) is 7.24. The van der Waals surface area contributed by atoms with E-state index in [0.717, 1.165) is 16.5 Å². The van der Waals surface area contributed by atoms with Gasteiger partial charge in [-0.05, 0) is 39.8 Å². The third-order valence-corrected chi connectivity index (χ3v) is 2.82. The molecule has 0 aliphatic carbocycles. The number of hydrogen-bond donors (Lipinski definition) is 1. The van der Waals surface area contributed by atoms with E-state index in [2.05, 4.69) is 4.98 Å². The van der Waals surface area contributed by atoms with Crippen molar-refractivity contribution in [1.29, 1.82) is 0 Å². The van der Waals surface area contributed by atoms with Gasteiger partial charge < -0.3 is 15.0 Å². The number of allylic oxidation sites excluding steroid dienone is 1. The van der Waals surface area contributed by atoms with Crippen LogP contribution in [0, 0.1) is 0 Å². The highest BCUT2D eigenvalue weighted by atomic mass is 16.6. The predicted octanol–water partition coefficient (Wildman–Crippen LogP) is 2.70. The number of carbonyl (C=O) groups excluding carboxylic acids is 1. The van der Waals surface area contributed by atoms with Gasteiger partial charge in [-0.2, -0.15) is 0 Å². The number of pyridine rings is 1. The average Bonchev–Trinajstić information content (AvgIpc) is 2.65. The van der Waals surface area contributed by atoms with E-state index in [1.165, 1.54) is 0 Å². The minimum Gasteiger partial charge on any atom is -0.459 e. The van der Waals surface area contributed by atoms with Crippen LogP contribution in [0.1, 0.15) is 33.3 Å². The molecule has 0 aliphatic rings. The Labute approximate surface area is 124 Å². The van der Waals surface area contributed by atoms with Crippen molar-refractivity contribution in [1.82, 2.24) is 9.55 Å². The minimum absolute atomic E-state index is 0.162. The number of ether oxygens (including phenoxy) is 1. The van der Waals surface area contributed by atoms with E-state index >= 15 is 0 Å². The number of rotatable bonds is 3. The van der Waals surface area contributed by atoms with Gasteiger partial charge in [0.05, 0.1) is 5.52 Å². The van der Waals surface area contributed by atoms with Crippen molar-refractivity contribution in [2.45, 2.75) is 39.8 Å². The fraction of sp³-hybridized carbons (Fsp3) is 0.375. The molecule has 0 aromatic carbocycles. The molecule has 112 valence electrons. The molecule has 0 spiro atoms. The molecule has 0 fully saturated rings. The van der Waals surface area contributed by atoms with E-state index in [-0.39, 0.29) is 12.5 Å². The Bertz CT molecular complexity index is 689. The second-order valence-corrected chi connectivity index (χ2v) is 6.08. The molecule has 2 heterocycles. The second-order valence-electron chi connectivity index (χ2n) is 6.08. The van der Waals surface area contributed by atoms with Crippen LogP contribution in [0.4, 0.5) is 0 Å². The lowest BCUT2D eigenvalue weighted by molar-refractivity contribution is -0.155. The summed E-state index contributed by atoms with van der Waals surface area (Å²) in [5.74, 6) is -0.267. The molecule has 0 saturated carbocycles. The van der Waals surface area contributed by atoms with Crippen molar-refractivity contribution in [3.05, 3.63) is 35.9 Å². The van der Waals surface area contributed by atoms with E-state index in [9.17, 15) is 4.79 Å². The highest BCUT2D eigenvalue weighted by Crippen LogP contribution is 2.22. The van der Waals surface area contributed by atoms with Crippen LogP contribution in [-0.4, -0.2) is 21.1 Å². The van der Waals surface area contributed by atoms with Gasteiger partial charge in [-0.3, -0.25) is 9.78 Å². The largest absolute Gasteiger partial charge is 0.459 e. The molecule has 5 nitrogen and oxygen atoms in total. The molecule has 0 bridgehead atoms. The fourth-order valence-electron chi connectivity index (χ4n) is 2.17. The molecular formula is C16H21N3O2. The molecule has 0 radical (unpaired) electrons. The Morgan fingerprint density at radius 1 is 1.48 bits per heavy atom. The average molecular weight is 287 g/mol. The van der Waals surface area contributed by atoms with Crippen molar-refractivity contribution < 1.29 is 9.53 Å². The van der Waals surface area contributed by atoms with Gasteiger partial charge in [0.25, 0.3) is 0 Å². The predicted molar refractivity (Wildman–Crippen MR) is 83.4 cm³/mol. The Hall–Kier alpha value is -2.30. The first-order valence-corrected chi connectivity index (χ1v) is 6.85. The number of hydrogen-bond acceptors (Lipinski definition) is 4. The molecule has 0 saturated heterocycles. The van der Waals surface area contributed by atoms with E-state index < -0.39 is 5.60 Å². The van der Waals surface area contributed by atoms with Gasteiger partial charge in [0.2, 0.25) is 0 Å². The lowest BCUT2D eigenvalue weighted by Crippen LogP contribution is -2.26. The van der Waals surface area contributed by atoms with Gasteiger partial charge in [0.15, 0.2) is 0 Å². The molecule has 0 atom stereocenters. The number of carbonyl (C=O) groups is 1. The van der Waals surface area contributed by atoms with Crippen molar-refractivity contribution in [3.63, 3.8) is 0 Å². The summed E-state index contributed by atoms with van der Waals surface area (Å²) in [5.41, 5.74) is 7.84. The van der Waals surface area contributed by atoms with Crippen LogP contribution in [0.25, 0.3) is 17.0 Å². The van der Waals surface area contributed by atoms with Gasteiger partial charge in [-0.15, -0.1) is 0 Å². The van der Waals surface area contributed by atoms with Gasteiger partial charge in [0.1, 0.15) is 12.1 Å². The zero-order valence-electron chi connectivity index (χ0n) is 12.9. The molecule has 2 aromatic rings. The zero-order valence-corrected chi connectivity index (χ0v) is 12.9. The van der Waals surface area contributed by atoms with Gasteiger partial charge in [-0.1, -0.05) is 0 Å².